The molecule has 142 valence electrons. The second-order valence-electron chi connectivity index (χ2n) is 6.28. The second-order valence-corrected chi connectivity index (χ2v) is 6.71. The van der Waals surface area contributed by atoms with E-state index >= 15 is 0 Å². The number of carbonyl (C=O) groups excluding carboxylic acids is 2. The molecule has 28 heavy (non-hydrogen) atoms. The molecule has 1 aliphatic heterocycles. The normalized spacial score (nSPS) is 12.7. The second kappa shape index (κ2) is 7.36. The Morgan fingerprint density at radius 1 is 1.29 bits per heavy atom. The highest BCUT2D eigenvalue weighted by molar-refractivity contribution is 6.30. The van der Waals surface area contributed by atoms with Gasteiger partial charge in [0, 0.05) is 10.6 Å². The molecule has 4 rings (SSSR count). The predicted molar refractivity (Wildman–Crippen MR) is 105 cm³/mol. The minimum absolute atomic E-state index is 0.0337. The summed E-state index contributed by atoms with van der Waals surface area (Å²) in [5.41, 5.74) is 2.28. The van der Waals surface area contributed by atoms with Crippen LogP contribution in [0.4, 0.5) is 11.4 Å². The van der Waals surface area contributed by atoms with Crippen molar-refractivity contribution in [2.45, 2.75) is 13.3 Å². The van der Waals surface area contributed by atoms with Crippen molar-refractivity contribution in [2.75, 3.05) is 17.2 Å². The lowest BCUT2D eigenvalue weighted by molar-refractivity contribution is -0.118. The van der Waals surface area contributed by atoms with E-state index in [4.69, 9.17) is 20.8 Å². The van der Waals surface area contributed by atoms with Crippen molar-refractivity contribution in [3.05, 3.63) is 58.9 Å². The number of aromatic nitrogens is 1. The molecular weight excluding hydrogens is 382 g/mol. The standard InChI is InChI=1S/C20H16ClN3O4/c1-11-16(24-20(28-11)12-4-2-5-13(21)8-12)9-17(25)22-14-6-3-7-15-19(14)27-10-18(26)23-15/h2-8H,9-10H2,1H3,(H,22,25)(H,23,26). The Labute approximate surface area is 165 Å². The van der Waals surface area contributed by atoms with E-state index in [2.05, 4.69) is 15.6 Å². The molecule has 1 aliphatic rings. The summed E-state index contributed by atoms with van der Waals surface area (Å²) < 4.78 is 11.1. The number of nitrogens with zero attached hydrogens (tertiary/aromatic N) is 1. The Kier molecular flexibility index (Phi) is 4.75. The summed E-state index contributed by atoms with van der Waals surface area (Å²) in [6.07, 6.45) is 0.0337. The molecule has 0 spiro atoms. The number of carbonyl (C=O) groups is 2. The summed E-state index contributed by atoms with van der Waals surface area (Å²) in [4.78, 5) is 28.4. The molecular formula is C20H16ClN3O4. The fourth-order valence-corrected chi connectivity index (χ4v) is 3.09. The Balaban J connectivity index is 1.51. The Morgan fingerprint density at radius 3 is 2.93 bits per heavy atom. The smallest absolute Gasteiger partial charge is 0.262 e. The highest BCUT2D eigenvalue weighted by Crippen LogP contribution is 2.35. The highest BCUT2D eigenvalue weighted by atomic mass is 35.5. The fraction of sp³-hybridized carbons (Fsp3) is 0.150. The van der Waals surface area contributed by atoms with Gasteiger partial charge in [-0.1, -0.05) is 23.7 Å². The van der Waals surface area contributed by atoms with E-state index < -0.39 is 0 Å². The number of para-hydroxylation sites is 1. The van der Waals surface area contributed by atoms with Gasteiger partial charge in [0.15, 0.2) is 12.4 Å². The minimum Gasteiger partial charge on any atom is -0.479 e. The van der Waals surface area contributed by atoms with Gasteiger partial charge >= 0.3 is 0 Å². The third kappa shape index (κ3) is 3.70. The van der Waals surface area contributed by atoms with Crippen LogP contribution in [-0.2, 0) is 16.0 Å². The van der Waals surface area contributed by atoms with Gasteiger partial charge in [-0.3, -0.25) is 9.59 Å². The van der Waals surface area contributed by atoms with Crippen LogP contribution in [0.2, 0.25) is 5.02 Å². The SMILES string of the molecule is Cc1oc(-c2cccc(Cl)c2)nc1CC(=O)Nc1cccc2c1OCC(=O)N2. The molecule has 2 amide bonds. The molecule has 7 nitrogen and oxygen atoms in total. The molecule has 2 aromatic carbocycles. The molecule has 0 unspecified atom stereocenters. The summed E-state index contributed by atoms with van der Waals surface area (Å²) in [5, 5.41) is 6.08. The summed E-state index contributed by atoms with van der Waals surface area (Å²) in [5.74, 6) is 0.896. The maximum absolute atomic E-state index is 12.5. The fourth-order valence-electron chi connectivity index (χ4n) is 2.90. The maximum atomic E-state index is 12.5. The van der Waals surface area contributed by atoms with Crippen LogP contribution in [0.25, 0.3) is 11.5 Å². The summed E-state index contributed by atoms with van der Waals surface area (Å²) >= 11 is 6.01. The van der Waals surface area contributed by atoms with Crippen LogP contribution in [0, 0.1) is 6.92 Å². The molecule has 2 heterocycles. The molecule has 0 saturated carbocycles. The zero-order valence-corrected chi connectivity index (χ0v) is 15.7. The Hall–Kier alpha value is -3.32. The van der Waals surface area contributed by atoms with E-state index in [-0.39, 0.29) is 24.8 Å². The largest absolute Gasteiger partial charge is 0.479 e. The number of oxazole rings is 1. The number of nitrogens with one attached hydrogen (secondary N) is 2. The number of hydrogen-bond acceptors (Lipinski definition) is 5. The maximum Gasteiger partial charge on any atom is 0.262 e. The molecule has 1 aromatic heterocycles. The zero-order chi connectivity index (χ0) is 19.7. The topological polar surface area (TPSA) is 93.5 Å². The molecule has 3 aromatic rings. The molecule has 0 radical (unpaired) electrons. The molecule has 0 atom stereocenters. The van der Waals surface area contributed by atoms with Gasteiger partial charge in [0.05, 0.1) is 23.5 Å². The first-order chi connectivity index (χ1) is 13.5. The number of rotatable bonds is 4. The van der Waals surface area contributed by atoms with Crippen molar-refractivity contribution in [1.29, 1.82) is 0 Å². The van der Waals surface area contributed by atoms with Gasteiger partial charge in [0.1, 0.15) is 5.76 Å². The first kappa shape index (κ1) is 18.1. The van der Waals surface area contributed by atoms with Gasteiger partial charge in [-0.25, -0.2) is 4.98 Å². The quantitative estimate of drug-likeness (QED) is 0.698. The van der Waals surface area contributed by atoms with E-state index in [1.54, 1.807) is 43.3 Å². The zero-order valence-electron chi connectivity index (χ0n) is 14.9. The number of fused-ring (bicyclic) bond motifs is 1. The average molecular weight is 398 g/mol. The Bertz CT molecular complexity index is 1080. The van der Waals surface area contributed by atoms with Crippen molar-refractivity contribution < 1.29 is 18.7 Å². The number of ether oxygens (including phenoxy) is 1. The average Bonchev–Trinajstić information content (AvgIpc) is 3.02. The van der Waals surface area contributed by atoms with E-state index in [1.165, 1.54) is 0 Å². The van der Waals surface area contributed by atoms with E-state index in [0.717, 1.165) is 5.56 Å². The van der Waals surface area contributed by atoms with E-state index in [9.17, 15) is 9.59 Å². The number of aryl methyl sites for hydroxylation is 1. The first-order valence-corrected chi connectivity index (χ1v) is 8.95. The van der Waals surface area contributed by atoms with Gasteiger partial charge in [0.2, 0.25) is 11.8 Å². The third-order valence-electron chi connectivity index (χ3n) is 4.20. The summed E-state index contributed by atoms with van der Waals surface area (Å²) in [7, 11) is 0. The molecule has 2 N–H and O–H groups in total. The number of halogens is 1. The number of benzene rings is 2. The lowest BCUT2D eigenvalue weighted by atomic mass is 10.2. The monoisotopic (exact) mass is 397 g/mol. The minimum atomic E-state index is -0.275. The van der Waals surface area contributed by atoms with Crippen molar-refractivity contribution in [2.24, 2.45) is 0 Å². The van der Waals surface area contributed by atoms with Gasteiger partial charge in [0.25, 0.3) is 5.91 Å². The summed E-state index contributed by atoms with van der Waals surface area (Å²) in [6, 6.07) is 12.3. The number of anilines is 2. The van der Waals surface area contributed by atoms with Crippen molar-refractivity contribution in [3.63, 3.8) is 0 Å². The lowest BCUT2D eigenvalue weighted by Gasteiger charge is -2.20. The molecule has 0 aliphatic carbocycles. The van der Waals surface area contributed by atoms with E-state index in [0.29, 0.717) is 39.5 Å². The van der Waals surface area contributed by atoms with Crippen LogP contribution < -0.4 is 15.4 Å². The molecule has 0 fully saturated rings. The van der Waals surface area contributed by atoms with Crippen LogP contribution >= 0.6 is 11.6 Å². The third-order valence-corrected chi connectivity index (χ3v) is 4.44. The number of amides is 2. The van der Waals surface area contributed by atoms with Gasteiger partial charge < -0.3 is 19.8 Å². The van der Waals surface area contributed by atoms with Crippen LogP contribution in [0.1, 0.15) is 11.5 Å². The molecule has 0 bridgehead atoms. The molecule has 0 saturated heterocycles. The van der Waals surface area contributed by atoms with Crippen molar-refractivity contribution in [1.82, 2.24) is 4.98 Å². The Morgan fingerprint density at radius 2 is 2.11 bits per heavy atom. The van der Waals surface area contributed by atoms with Gasteiger partial charge in [-0.15, -0.1) is 0 Å². The van der Waals surface area contributed by atoms with Crippen LogP contribution in [-0.4, -0.2) is 23.4 Å². The highest BCUT2D eigenvalue weighted by Gasteiger charge is 2.21. The van der Waals surface area contributed by atoms with Crippen LogP contribution in [0.15, 0.2) is 46.9 Å². The van der Waals surface area contributed by atoms with Crippen molar-refractivity contribution >= 4 is 34.8 Å². The van der Waals surface area contributed by atoms with E-state index in [1.807, 2.05) is 6.07 Å². The lowest BCUT2D eigenvalue weighted by Crippen LogP contribution is -2.26. The number of hydrogen-bond donors (Lipinski definition) is 2. The van der Waals surface area contributed by atoms with Gasteiger partial charge in [-0.2, -0.15) is 0 Å². The van der Waals surface area contributed by atoms with Crippen LogP contribution in [0.5, 0.6) is 5.75 Å². The predicted octanol–water partition coefficient (Wildman–Crippen LogP) is 3.82. The first-order valence-electron chi connectivity index (χ1n) is 8.57. The summed E-state index contributed by atoms with van der Waals surface area (Å²) in [6.45, 7) is 1.66. The van der Waals surface area contributed by atoms with Crippen LogP contribution in [0.3, 0.4) is 0 Å². The van der Waals surface area contributed by atoms with Crippen molar-refractivity contribution in [3.8, 4) is 17.2 Å². The molecule has 8 heteroatoms. The van der Waals surface area contributed by atoms with Gasteiger partial charge in [-0.05, 0) is 37.3 Å².